The minimum atomic E-state index is -0.787. The van der Waals surface area contributed by atoms with Crippen molar-refractivity contribution < 1.29 is 23.1 Å². The van der Waals surface area contributed by atoms with Crippen molar-refractivity contribution in [1.82, 2.24) is 14.8 Å². The molecule has 37 heavy (non-hydrogen) atoms. The van der Waals surface area contributed by atoms with Crippen molar-refractivity contribution in [3.8, 4) is 17.2 Å². The minimum absolute atomic E-state index is 0.00348. The van der Waals surface area contributed by atoms with E-state index in [4.69, 9.17) is 22.1 Å². The average molecular weight is 527 g/mol. The van der Waals surface area contributed by atoms with Gasteiger partial charge >= 0.3 is 6.03 Å². The van der Waals surface area contributed by atoms with Crippen molar-refractivity contribution >= 4 is 35.0 Å². The van der Waals surface area contributed by atoms with E-state index in [1.54, 1.807) is 30.3 Å². The lowest BCUT2D eigenvalue weighted by Crippen LogP contribution is -2.21. The third-order valence-corrected chi connectivity index (χ3v) is 5.45. The van der Waals surface area contributed by atoms with E-state index in [-0.39, 0.29) is 33.9 Å². The molecule has 4 aromatic rings. The highest BCUT2D eigenvalue weighted by molar-refractivity contribution is 6.34. The third kappa shape index (κ3) is 6.01. The Morgan fingerprint density at radius 1 is 1.03 bits per heavy atom. The molecule has 3 amide bonds. The van der Waals surface area contributed by atoms with Crippen LogP contribution in [0.2, 0.25) is 5.02 Å². The number of primary amides is 1. The van der Waals surface area contributed by atoms with Crippen LogP contribution < -0.4 is 21.1 Å². The zero-order chi connectivity index (χ0) is 26.7. The van der Waals surface area contributed by atoms with Gasteiger partial charge in [-0.05, 0) is 42.3 Å². The van der Waals surface area contributed by atoms with Crippen LogP contribution in [0.15, 0.2) is 60.8 Å². The molecule has 0 saturated heterocycles. The molecule has 2 aromatic heterocycles. The van der Waals surface area contributed by atoms with Crippen molar-refractivity contribution in [2.45, 2.75) is 19.8 Å². The number of urea groups is 1. The number of hydrogen-bond acceptors (Lipinski definition) is 5. The minimum Gasteiger partial charge on any atom is -0.456 e. The van der Waals surface area contributed by atoms with Gasteiger partial charge in [-0.2, -0.15) is 5.10 Å². The number of anilines is 2. The van der Waals surface area contributed by atoms with Crippen LogP contribution in [0.1, 0.15) is 35.9 Å². The Labute approximate surface area is 215 Å². The molecule has 9 nitrogen and oxygen atoms in total. The second-order valence-electron chi connectivity index (χ2n) is 8.19. The Morgan fingerprint density at radius 2 is 1.70 bits per heavy atom. The second kappa shape index (κ2) is 10.6. The lowest BCUT2D eigenvalue weighted by Gasteiger charge is -2.12. The van der Waals surface area contributed by atoms with Crippen molar-refractivity contribution in [3.05, 3.63) is 88.8 Å². The van der Waals surface area contributed by atoms with Gasteiger partial charge in [0.25, 0.3) is 5.91 Å². The van der Waals surface area contributed by atoms with Crippen LogP contribution in [0.4, 0.5) is 25.1 Å². The van der Waals surface area contributed by atoms with E-state index in [0.29, 0.717) is 17.1 Å². The lowest BCUT2D eigenvalue weighted by molar-refractivity contribution is 0.0995. The molecular weight excluding hydrogens is 506 g/mol. The van der Waals surface area contributed by atoms with E-state index >= 15 is 0 Å². The predicted molar refractivity (Wildman–Crippen MR) is 134 cm³/mol. The van der Waals surface area contributed by atoms with Crippen LogP contribution in [-0.2, 0) is 0 Å². The zero-order valence-electron chi connectivity index (χ0n) is 19.6. The summed E-state index contributed by atoms with van der Waals surface area (Å²) < 4.78 is 34.5. The van der Waals surface area contributed by atoms with Crippen LogP contribution in [-0.4, -0.2) is 26.7 Å². The zero-order valence-corrected chi connectivity index (χ0v) is 20.4. The first kappa shape index (κ1) is 25.6. The molecule has 2 aromatic carbocycles. The summed E-state index contributed by atoms with van der Waals surface area (Å²) in [5.74, 6) is -1.53. The van der Waals surface area contributed by atoms with Gasteiger partial charge < -0.3 is 15.8 Å². The number of aromatic nitrogens is 3. The van der Waals surface area contributed by atoms with E-state index in [1.165, 1.54) is 16.9 Å². The van der Waals surface area contributed by atoms with Crippen molar-refractivity contribution in [2.24, 2.45) is 5.73 Å². The van der Waals surface area contributed by atoms with Gasteiger partial charge in [0.2, 0.25) is 0 Å². The van der Waals surface area contributed by atoms with Crippen LogP contribution in [0.5, 0.6) is 11.5 Å². The highest BCUT2D eigenvalue weighted by Crippen LogP contribution is 2.31. The fourth-order valence-corrected chi connectivity index (χ4v) is 3.56. The monoisotopic (exact) mass is 526 g/mol. The maximum absolute atomic E-state index is 13.8. The fourth-order valence-electron chi connectivity index (χ4n) is 3.32. The van der Waals surface area contributed by atoms with Crippen LogP contribution in [0.3, 0.4) is 0 Å². The fraction of sp³-hybridized carbons (Fsp3) is 0.120. The molecular formula is C25H21ClF2N6O3. The van der Waals surface area contributed by atoms with Crippen molar-refractivity contribution in [3.63, 3.8) is 0 Å². The van der Waals surface area contributed by atoms with E-state index in [9.17, 15) is 18.4 Å². The van der Waals surface area contributed by atoms with Crippen molar-refractivity contribution in [2.75, 3.05) is 10.6 Å². The van der Waals surface area contributed by atoms with Gasteiger partial charge in [-0.25, -0.2) is 23.2 Å². The number of nitrogens with one attached hydrogen (secondary N) is 2. The van der Waals surface area contributed by atoms with Gasteiger partial charge in [0.05, 0.1) is 11.4 Å². The number of carbonyl (C=O) groups excluding carboxylic acids is 2. The smallest absolute Gasteiger partial charge is 0.324 e. The number of pyridine rings is 1. The first-order valence-corrected chi connectivity index (χ1v) is 11.3. The molecule has 0 saturated carbocycles. The SMILES string of the molecule is CC(C)c1cc(NC(=O)Nc2ccc(Oc3ccnc(C(N)=O)c3Cl)cc2)n(-c2cc(F)cc(F)c2)n1. The van der Waals surface area contributed by atoms with E-state index in [1.807, 2.05) is 13.8 Å². The topological polar surface area (TPSA) is 124 Å². The van der Waals surface area contributed by atoms with E-state index < -0.39 is 23.6 Å². The molecule has 0 unspecified atom stereocenters. The Morgan fingerprint density at radius 3 is 2.32 bits per heavy atom. The maximum Gasteiger partial charge on any atom is 0.324 e. The highest BCUT2D eigenvalue weighted by Gasteiger charge is 2.17. The molecule has 0 bridgehead atoms. The molecule has 4 rings (SSSR count). The summed E-state index contributed by atoms with van der Waals surface area (Å²) in [7, 11) is 0. The number of carbonyl (C=O) groups is 2. The van der Waals surface area contributed by atoms with Gasteiger partial charge in [-0.3, -0.25) is 10.1 Å². The second-order valence-corrected chi connectivity index (χ2v) is 8.57. The highest BCUT2D eigenvalue weighted by atomic mass is 35.5. The molecule has 2 heterocycles. The maximum atomic E-state index is 13.8. The van der Waals surface area contributed by atoms with Gasteiger partial charge in [0, 0.05) is 30.1 Å². The Bertz CT molecular complexity index is 1450. The van der Waals surface area contributed by atoms with Gasteiger partial charge in [0.15, 0.2) is 0 Å². The number of halogens is 3. The molecule has 4 N–H and O–H groups in total. The molecule has 0 aliphatic heterocycles. The number of nitrogens with two attached hydrogens (primary N) is 1. The first-order chi connectivity index (χ1) is 17.6. The molecule has 0 spiro atoms. The number of rotatable bonds is 7. The number of benzene rings is 2. The number of nitrogens with zero attached hydrogens (tertiary/aromatic N) is 3. The standard InChI is InChI=1S/C25H21ClF2N6O3/c1-13(2)19-12-21(34(33-19)17-10-14(27)9-15(28)11-17)32-25(36)31-16-3-5-18(6-4-16)37-20-7-8-30-23(22(20)26)24(29)35/h3-13H,1-2H3,(H2,29,35)(H2,31,32,36). The molecule has 12 heteroatoms. The van der Waals surface area contributed by atoms with Crippen LogP contribution >= 0.6 is 11.6 Å². The summed E-state index contributed by atoms with van der Waals surface area (Å²) in [6.07, 6.45) is 1.34. The Balaban J connectivity index is 1.48. The largest absolute Gasteiger partial charge is 0.456 e. The summed E-state index contributed by atoms with van der Waals surface area (Å²) >= 11 is 6.12. The lowest BCUT2D eigenvalue weighted by atomic mass is 10.1. The summed E-state index contributed by atoms with van der Waals surface area (Å²) in [5.41, 5.74) is 6.30. The van der Waals surface area contributed by atoms with Gasteiger partial charge in [-0.15, -0.1) is 0 Å². The molecule has 190 valence electrons. The van der Waals surface area contributed by atoms with E-state index in [0.717, 1.165) is 18.2 Å². The molecule has 0 fully saturated rings. The predicted octanol–water partition coefficient (Wildman–Crippen LogP) is 5.86. The van der Waals surface area contributed by atoms with Gasteiger partial charge in [-0.1, -0.05) is 25.4 Å². The number of amides is 3. The molecule has 0 aliphatic rings. The Kier molecular flexibility index (Phi) is 7.35. The summed E-state index contributed by atoms with van der Waals surface area (Å²) in [4.78, 5) is 27.9. The summed E-state index contributed by atoms with van der Waals surface area (Å²) in [5, 5.41) is 9.68. The number of hydrogen-bond donors (Lipinski definition) is 3. The Hall–Kier alpha value is -4.51. The summed E-state index contributed by atoms with van der Waals surface area (Å²) in [6, 6.07) is 11.8. The van der Waals surface area contributed by atoms with Crippen LogP contribution in [0, 0.1) is 11.6 Å². The first-order valence-electron chi connectivity index (χ1n) is 11.0. The molecule has 0 aliphatic carbocycles. The summed E-state index contributed by atoms with van der Waals surface area (Å²) in [6.45, 7) is 3.81. The number of ether oxygens (including phenoxy) is 1. The average Bonchev–Trinajstić information content (AvgIpc) is 3.25. The quantitative estimate of drug-likeness (QED) is 0.278. The third-order valence-electron chi connectivity index (χ3n) is 5.08. The van der Waals surface area contributed by atoms with Gasteiger partial charge in [0.1, 0.15) is 39.7 Å². The normalized spacial score (nSPS) is 10.9. The molecule has 0 radical (unpaired) electrons. The van der Waals surface area contributed by atoms with Crippen molar-refractivity contribution in [1.29, 1.82) is 0 Å². The van der Waals surface area contributed by atoms with Crippen LogP contribution in [0.25, 0.3) is 5.69 Å². The molecule has 0 atom stereocenters. The van der Waals surface area contributed by atoms with E-state index in [2.05, 4.69) is 20.7 Å².